The summed E-state index contributed by atoms with van der Waals surface area (Å²) in [4.78, 5) is 45.8. The average molecular weight is 393 g/mol. The molecule has 10 heteroatoms. The van der Waals surface area contributed by atoms with Crippen LogP contribution in [-0.2, 0) is 36.9 Å². The van der Waals surface area contributed by atoms with Crippen molar-refractivity contribution < 1.29 is 36.9 Å². The molecule has 0 aliphatic rings. The molecule has 0 rings (SSSR count). The molecule has 0 aromatic carbocycles. The third kappa shape index (κ3) is 11.5. The van der Waals surface area contributed by atoms with Crippen LogP contribution >= 0.6 is 0 Å². The maximum absolute atomic E-state index is 11.4. The van der Waals surface area contributed by atoms with E-state index in [1.165, 1.54) is 0 Å². The van der Waals surface area contributed by atoms with E-state index < -0.39 is 42.4 Å². The summed E-state index contributed by atoms with van der Waals surface area (Å²) in [5.74, 6) is -1.65. The smallest absolute Gasteiger partial charge is 0.448 e. The number of rotatable bonds is 12. The molecular formula is C15H28O8Si2. The van der Waals surface area contributed by atoms with Crippen LogP contribution in [0.3, 0.4) is 0 Å². The Morgan fingerprint density at radius 2 is 0.800 bits per heavy atom. The Balaban J connectivity index is 4.62. The van der Waals surface area contributed by atoms with Gasteiger partial charge in [-0.3, -0.25) is 19.2 Å². The quantitative estimate of drug-likeness (QED) is 0.461. The maximum Gasteiger partial charge on any atom is 0.448 e. The lowest BCUT2D eigenvalue weighted by Gasteiger charge is -2.18. The van der Waals surface area contributed by atoms with Crippen LogP contribution < -0.4 is 0 Å². The summed E-state index contributed by atoms with van der Waals surface area (Å²) in [7, 11) is -4.97. The summed E-state index contributed by atoms with van der Waals surface area (Å²) in [6.07, 6.45) is 1.29. The van der Waals surface area contributed by atoms with E-state index in [9.17, 15) is 19.2 Å². The highest BCUT2D eigenvalue weighted by atomic mass is 28.3. The molecule has 0 atom stereocenters. The largest absolute Gasteiger partial charge is 0.487 e. The van der Waals surface area contributed by atoms with E-state index >= 15 is 0 Å². The monoisotopic (exact) mass is 392 g/mol. The Morgan fingerprint density at radius 1 is 0.560 bits per heavy atom. The van der Waals surface area contributed by atoms with Crippen molar-refractivity contribution in [3.8, 4) is 0 Å². The van der Waals surface area contributed by atoms with Crippen molar-refractivity contribution in [3.05, 3.63) is 0 Å². The Kier molecular flexibility index (Phi) is 12.7. The van der Waals surface area contributed by atoms with Crippen LogP contribution in [0.2, 0.25) is 12.1 Å². The highest BCUT2D eigenvalue weighted by Gasteiger charge is 2.26. The van der Waals surface area contributed by atoms with Gasteiger partial charge in [0.05, 0.1) is 0 Å². The Labute approximate surface area is 151 Å². The first-order valence-electron chi connectivity index (χ1n) is 8.63. The van der Waals surface area contributed by atoms with E-state index in [0.29, 0.717) is 18.5 Å². The summed E-state index contributed by atoms with van der Waals surface area (Å²) in [6.45, 7) is 6.64. The van der Waals surface area contributed by atoms with Crippen LogP contribution in [0, 0.1) is 0 Å². The third-order valence-corrected chi connectivity index (χ3v) is 6.95. The van der Waals surface area contributed by atoms with Crippen molar-refractivity contribution in [2.75, 3.05) is 0 Å². The highest BCUT2D eigenvalue weighted by molar-refractivity contribution is 6.50. The summed E-state index contributed by atoms with van der Waals surface area (Å²) in [5, 5.41) is 0. The predicted molar refractivity (Wildman–Crippen MR) is 94.1 cm³/mol. The molecule has 0 heterocycles. The Hall–Kier alpha value is -1.69. The SMILES string of the molecule is CCC(=O)O[SiH](CCC[SiH](OC(=O)CC)OC(=O)CC)OC(=O)CC. The summed E-state index contributed by atoms with van der Waals surface area (Å²) >= 11 is 0. The average Bonchev–Trinajstić information content (AvgIpc) is 2.60. The molecule has 144 valence electrons. The van der Waals surface area contributed by atoms with Crippen molar-refractivity contribution >= 4 is 42.4 Å². The van der Waals surface area contributed by atoms with Gasteiger partial charge in [0, 0.05) is 37.8 Å². The van der Waals surface area contributed by atoms with Crippen LogP contribution in [-0.4, -0.2) is 42.4 Å². The van der Waals surface area contributed by atoms with Crippen molar-refractivity contribution in [3.63, 3.8) is 0 Å². The molecule has 0 aliphatic carbocycles. The van der Waals surface area contributed by atoms with Gasteiger partial charge < -0.3 is 17.7 Å². The molecule has 8 nitrogen and oxygen atoms in total. The maximum atomic E-state index is 11.4. The van der Waals surface area contributed by atoms with Crippen LogP contribution in [0.1, 0.15) is 59.8 Å². The Bertz CT molecular complexity index is 379. The fraction of sp³-hybridized carbons (Fsp3) is 0.733. The second-order valence-electron chi connectivity index (χ2n) is 5.16. The molecule has 0 fully saturated rings. The zero-order chi connectivity index (χ0) is 19.2. The molecule has 0 unspecified atom stereocenters. The van der Waals surface area contributed by atoms with Gasteiger partial charge in [-0.15, -0.1) is 0 Å². The van der Waals surface area contributed by atoms with Crippen LogP contribution in [0.15, 0.2) is 0 Å². The molecule has 0 aromatic heterocycles. The lowest BCUT2D eigenvalue weighted by atomic mass is 10.5. The predicted octanol–water partition coefficient (Wildman–Crippen LogP) is 1.63. The minimum absolute atomic E-state index is 0.201. The topological polar surface area (TPSA) is 105 Å². The van der Waals surface area contributed by atoms with Crippen LogP contribution in [0.25, 0.3) is 0 Å². The zero-order valence-electron chi connectivity index (χ0n) is 15.4. The van der Waals surface area contributed by atoms with Gasteiger partial charge in [0.1, 0.15) is 0 Å². The number of hydrogen-bond acceptors (Lipinski definition) is 8. The van der Waals surface area contributed by atoms with E-state index in [2.05, 4.69) is 0 Å². The minimum atomic E-state index is -2.49. The van der Waals surface area contributed by atoms with Gasteiger partial charge in [-0.1, -0.05) is 27.7 Å². The minimum Gasteiger partial charge on any atom is -0.487 e. The molecule has 25 heavy (non-hydrogen) atoms. The summed E-state index contributed by atoms with van der Waals surface area (Å²) in [5.41, 5.74) is 0. The van der Waals surface area contributed by atoms with Gasteiger partial charge in [-0.2, -0.15) is 0 Å². The third-order valence-electron chi connectivity index (χ3n) is 3.09. The summed E-state index contributed by atoms with van der Waals surface area (Å²) < 4.78 is 20.9. The van der Waals surface area contributed by atoms with Gasteiger partial charge in [0.15, 0.2) is 0 Å². The van der Waals surface area contributed by atoms with Crippen molar-refractivity contribution in [2.24, 2.45) is 0 Å². The molecule has 0 N–H and O–H groups in total. The molecule has 0 aliphatic heterocycles. The van der Waals surface area contributed by atoms with E-state index in [-0.39, 0.29) is 25.7 Å². The molecule has 0 spiro atoms. The number of hydrogen-bond donors (Lipinski definition) is 0. The first-order chi connectivity index (χ1) is 11.9. The highest BCUT2D eigenvalue weighted by Crippen LogP contribution is 2.12. The lowest BCUT2D eigenvalue weighted by molar-refractivity contribution is -0.141. The van der Waals surface area contributed by atoms with Gasteiger partial charge in [-0.25, -0.2) is 0 Å². The Morgan fingerprint density at radius 3 is 1.00 bits per heavy atom. The van der Waals surface area contributed by atoms with E-state index in [0.717, 1.165) is 0 Å². The molecule has 0 aromatic rings. The standard InChI is InChI=1S/C15H28O8Si2/c1-5-12(16)20-24(21-13(17)6-2)10-9-11-25(22-14(18)7-3)23-15(19)8-4/h24-25H,5-11H2,1-4H3. The van der Waals surface area contributed by atoms with Gasteiger partial charge in [0.2, 0.25) is 0 Å². The van der Waals surface area contributed by atoms with Crippen molar-refractivity contribution in [1.29, 1.82) is 0 Å². The fourth-order valence-corrected chi connectivity index (χ4v) is 5.67. The first-order valence-corrected chi connectivity index (χ1v) is 12.2. The lowest BCUT2D eigenvalue weighted by Crippen LogP contribution is -2.31. The molecule has 0 radical (unpaired) electrons. The second kappa shape index (κ2) is 13.6. The van der Waals surface area contributed by atoms with E-state index in [1.807, 2.05) is 0 Å². The van der Waals surface area contributed by atoms with Crippen molar-refractivity contribution in [2.45, 2.75) is 71.9 Å². The number of carbonyl (C=O) groups is 4. The van der Waals surface area contributed by atoms with Crippen molar-refractivity contribution in [1.82, 2.24) is 0 Å². The summed E-state index contributed by atoms with van der Waals surface area (Å²) in [6, 6.07) is 0.767. The van der Waals surface area contributed by atoms with E-state index in [1.54, 1.807) is 27.7 Å². The van der Waals surface area contributed by atoms with Crippen LogP contribution in [0.5, 0.6) is 0 Å². The van der Waals surface area contributed by atoms with Gasteiger partial charge >= 0.3 is 18.6 Å². The van der Waals surface area contributed by atoms with Gasteiger partial charge in [-0.05, 0) is 6.42 Å². The molecule has 0 amide bonds. The molecular weight excluding hydrogens is 364 g/mol. The van der Waals surface area contributed by atoms with E-state index in [4.69, 9.17) is 17.7 Å². The molecule has 0 saturated carbocycles. The second-order valence-corrected chi connectivity index (χ2v) is 8.98. The fourth-order valence-electron chi connectivity index (χ4n) is 1.65. The van der Waals surface area contributed by atoms with Crippen LogP contribution in [0.4, 0.5) is 0 Å². The molecule has 0 saturated heterocycles. The zero-order valence-corrected chi connectivity index (χ0v) is 17.7. The first kappa shape index (κ1) is 23.3. The number of carbonyl (C=O) groups excluding carboxylic acids is 4. The van der Waals surface area contributed by atoms with Gasteiger partial charge in [0.25, 0.3) is 23.9 Å². The normalized spacial score (nSPS) is 10.5. The molecule has 0 bridgehead atoms.